The van der Waals surface area contributed by atoms with E-state index in [1.165, 1.54) is 11.1 Å². The molecule has 1 aliphatic carbocycles. The Hall–Kier alpha value is -1.59. The molecule has 1 heterocycles. The second-order valence-electron chi connectivity index (χ2n) is 5.98. The molecule has 3 rings (SSSR count). The zero-order valence-corrected chi connectivity index (χ0v) is 12.8. The number of ether oxygens (including phenoxy) is 2. The van der Waals surface area contributed by atoms with E-state index >= 15 is 0 Å². The number of urea groups is 1. The highest BCUT2D eigenvalue weighted by Gasteiger charge is 2.22. The largest absolute Gasteiger partial charge is 0.377 e. The fourth-order valence-electron chi connectivity index (χ4n) is 3.12. The van der Waals surface area contributed by atoms with E-state index in [4.69, 9.17) is 9.47 Å². The van der Waals surface area contributed by atoms with Crippen molar-refractivity contribution in [3.63, 3.8) is 0 Å². The topological polar surface area (TPSA) is 59.6 Å². The molecule has 120 valence electrons. The minimum atomic E-state index is -0.112. The van der Waals surface area contributed by atoms with Crippen molar-refractivity contribution >= 4 is 6.03 Å². The summed E-state index contributed by atoms with van der Waals surface area (Å²) in [5, 5.41) is 5.87. The molecule has 5 nitrogen and oxygen atoms in total. The van der Waals surface area contributed by atoms with Gasteiger partial charge < -0.3 is 20.1 Å². The predicted octanol–water partition coefficient (Wildman–Crippen LogP) is 1.65. The third-order valence-electron chi connectivity index (χ3n) is 4.25. The molecule has 2 aliphatic rings. The fourth-order valence-corrected chi connectivity index (χ4v) is 3.12. The molecule has 0 bridgehead atoms. The molecule has 2 amide bonds. The lowest BCUT2D eigenvalue weighted by Gasteiger charge is -2.14. The van der Waals surface area contributed by atoms with E-state index in [0.29, 0.717) is 19.8 Å². The first-order chi connectivity index (χ1) is 10.8. The third kappa shape index (κ3) is 4.21. The lowest BCUT2D eigenvalue weighted by atomic mass is 10.1. The maximum Gasteiger partial charge on any atom is 0.315 e. The second kappa shape index (κ2) is 7.61. The number of hydrogen-bond donors (Lipinski definition) is 2. The Balaban J connectivity index is 1.27. The third-order valence-corrected chi connectivity index (χ3v) is 4.25. The Bertz CT molecular complexity index is 475. The van der Waals surface area contributed by atoms with E-state index < -0.39 is 0 Å². The van der Waals surface area contributed by atoms with Gasteiger partial charge in [0.2, 0.25) is 0 Å². The van der Waals surface area contributed by atoms with Crippen LogP contribution < -0.4 is 10.6 Å². The summed E-state index contributed by atoms with van der Waals surface area (Å²) in [6.45, 7) is 2.52. The van der Waals surface area contributed by atoms with Gasteiger partial charge >= 0.3 is 6.03 Å². The molecule has 0 saturated carbocycles. The Labute approximate surface area is 131 Å². The Morgan fingerprint density at radius 1 is 1.27 bits per heavy atom. The average molecular weight is 304 g/mol. The molecule has 0 radical (unpaired) electrons. The number of benzene rings is 1. The minimum absolute atomic E-state index is 0.112. The van der Waals surface area contributed by atoms with E-state index in [-0.39, 0.29) is 18.2 Å². The number of rotatable bonds is 6. The van der Waals surface area contributed by atoms with Gasteiger partial charge in [0.25, 0.3) is 0 Å². The first-order valence-corrected chi connectivity index (χ1v) is 8.12. The van der Waals surface area contributed by atoms with Gasteiger partial charge in [-0.15, -0.1) is 0 Å². The molecule has 0 spiro atoms. The van der Waals surface area contributed by atoms with Gasteiger partial charge in [-0.1, -0.05) is 24.3 Å². The summed E-state index contributed by atoms with van der Waals surface area (Å²) in [5.41, 5.74) is 2.68. The summed E-state index contributed by atoms with van der Waals surface area (Å²) in [5.74, 6) is 0. The highest BCUT2D eigenvalue weighted by Crippen LogP contribution is 2.21. The summed E-state index contributed by atoms with van der Waals surface area (Å²) in [7, 11) is 0. The van der Waals surface area contributed by atoms with Crippen LogP contribution in [-0.4, -0.2) is 44.5 Å². The molecule has 5 heteroatoms. The molecule has 1 atom stereocenters. The number of hydrogen-bond acceptors (Lipinski definition) is 3. The molecule has 0 aromatic heterocycles. The van der Waals surface area contributed by atoms with Crippen LogP contribution in [0.2, 0.25) is 0 Å². The summed E-state index contributed by atoms with van der Waals surface area (Å²) in [4.78, 5) is 11.9. The van der Waals surface area contributed by atoms with Crippen molar-refractivity contribution < 1.29 is 14.3 Å². The molecule has 1 aliphatic heterocycles. The minimum Gasteiger partial charge on any atom is -0.377 e. The van der Waals surface area contributed by atoms with Crippen LogP contribution in [0.4, 0.5) is 4.79 Å². The molecule has 1 aromatic carbocycles. The van der Waals surface area contributed by atoms with Gasteiger partial charge in [0, 0.05) is 19.2 Å². The van der Waals surface area contributed by atoms with E-state index in [1.54, 1.807) is 0 Å². The van der Waals surface area contributed by atoms with Crippen molar-refractivity contribution in [3.8, 4) is 0 Å². The number of amides is 2. The zero-order valence-electron chi connectivity index (χ0n) is 12.8. The van der Waals surface area contributed by atoms with E-state index in [2.05, 4.69) is 22.8 Å². The van der Waals surface area contributed by atoms with Crippen LogP contribution in [0.3, 0.4) is 0 Å². The van der Waals surface area contributed by atoms with Crippen molar-refractivity contribution in [1.82, 2.24) is 10.6 Å². The quantitative estimate of drug-likeness (QED) is 0.786. The summed E-state index contributed by atoms with van der Waals surface area (Å²) >= 11 is 0. The summed E-state index contributed by atoms with van der Waals surface area (Å²) in [6.07, 6.45) is 4.28. The van der Waals surface area contributed by atoms with Crippen LogP contribution in [0.1, 0.15) is 24.0 Å². The smallest absolute Gasteiger partial charge is 0.315 e. The van der Waals surface area contributed by atoms with Gasteiger partial charge in [-0.3, -0.25) is 0 Å². The van der Waals surface area contributed by atoms with Crippen LogP contribution in [0.25, 0.3) is 0 Å². The molecule has 2 N–H and O–H groups in total. The Morgan fingerprint density at radius 2 is 2.05 bits per heavy atom. The molecule has 22 heavy (non-hydrogen) atoms. The van der Waals surface area contributed by atoms with Gasteiger partial charge in [0.15, 0.2) is 0 Å². The number of carbonyl (C=O) groups excluding carboxylic acids is 1. The second-order valence-corrected chi connectivity index (χ2v) is 5.98. The Kier molecular flexibility index (Phi) is 5.29. The highest BCUT2D eigenvalue weighted by atomic mass is 16.5. The van der Waals surface area contributed by atoms with E-state index in [9.17, 15) is 4.79 Å². The maximum atomic E-state index is 11.9. The van der Waals surface area contributed by atoms with Crippen molar-refractivity contribution in [3.05, 3.63) is 35.4 Å². The summed E-state index contributed by atoms with van der Waals surface area (Å²) in [6, 6.07) is 8.45. The lowest BCUT2D eigenvalue weighted by molar-refractivity contribution is 0.0188. The monoisotopic (exact) mass is 304 g/mol. The zero-order chi connectivity index (χ0) is 15.2. The molecule has 0 unspecified atom stereocenters. The molecular formula is C17H24N2O3. The normalized spacial score (nSPS) is 20.8. The highest BCUT2D eigenvalue weighted by molar-refractivity contribution is 5.74. The molecular weight excluding hydrogens is 280 g/mol. The maximum absolute atomic E-state index is 11.9. The summed E-state index contributed by atoms with van der Waals surface area (Å²) < 4.78 is 11.0. The van der Waals surface area contributed by atoms with Gasteiger partial charge in [-0.05, 0) is 36.8 Å². The number of fused-ring (bicyclic) bond motifs is 1. The van der Waals surface area contributed by atoms with Crippen molar-refractivity contribution in [2.24, 2.45) is 0 Å². The van der Waals surface area contributed by atoms with Crippen LogP contribution in [-0.2, 0) is 22.3 Å². The van der Waals surface area contributed by atoms with Gasteiger partial charge in [-0.2, -0.15) is 0 Å². The fraction of sp³-hybridized carbons (Fsp3) is 0.588. The van der Waals surface area contributed by atoms with Crippen molar-refractivity contribution in [2.75, 3.05) is 26.4 Å². The van der Waals surface area contributed by atoms with Gasteiger partial charge in [0.05, 0.1) is 19.3 Å². The van der Waals surface area contributed by atoms with Gasteiger partial charge in [0.1, 0.15) is 0 Å². The van der Waals surface area contributed by atoms with E-state index in [0.717, 1.165) is 32.3 Å². The standard InChI is InChI=1S/C17H24N2O3/c20-17(18-7-9-21-12-16-6-3-8-22-16)19-15-10-13-4-1-2-5-14(13)11-15/h1-2,4-5,15-16H,3,6-12H2,(H2,18,19,20)/t16-/m1/s1. The van der Waals surface area contributed by atoms with Crippen molar-refractivity contribution in [1.29, 1.82) is 0 Å². The molecule has 1 aromatic rings. The average Bonchev–Trinajstić information content (AvgIpc) is 3.15. The number of nitrogens with one attached hydrogen (secondary N) is 2. The molecule has 1 fully saturated rings. The lowest BCUT2D eigenvalue weighted by Crippen LogP contribution is -2.43. The predicted molar refractivity (Wildman–Crippen MR) is 84.0 cm³/mol. The number of carbonyl (C=O) groups is 1. The van der Waals surface area contributed by atoms with Crippen molar-refractivity contribution in [2.45, 2.75) is 37.8 Å². The van der Waals surface area contributed by atoms with Crippen LogP contribution >= 0.6 is 0 Å². The Morgan fingerprint density at radius 3 is 2.73 bits per heavy atom. The van der Waals surface area contributed by atoms with Gasteiger partial charge in [-0.25, -0.2) is 4.79 Å². The SMILES string of the molecule is O=C(NCCOC[C@H]1CCCO1)NC1Cc2ccccc2C1. The first-order valence-electron chi connectivity index (χ1n) is 8.12. The van der Waals surface area contributed by atoms with Crippen LogP contribution in [0.15, 0.2) is 24.3 Å². The van der Waals surface area contributed by atoms with Crippen LogP contribution in [0, 0.1) is 0 Å². The van der Waals surface area contributed by atoms with Crippen LogP contribution in [0.5, 0.6) is 0 Å². The molecule has 1 saturated heterocycles. The van der Waals surface area contributed by atoms with E-state index in [1.807, 2.05) is 12.1 Å². The first kappa shape index (κ1) is 15.3.